The van der Waals surface area contributed by atoms with Crippen LogP contribution in [0.1, 0.15) is 18.4 Å². The summed E-state index contributed by atoms with van der Waals surface area (Å²) in [5.41, 5.74) is 1.11. The van der Waals surface area contributed by atoms with E-state index < -0.39 is 0 Å². The summed E-state index contributed by atoms with van der Waals surface area (Å²) in [4.78, 5) is 16.5. The molecule has 0 spiro atoms. The Bertz CT molecular complexity index is 586. The number of urea groups is 1. The van der Waals surface area contributed by atoms with Gasteiger partial charge in [0.1, 0.15) is 0 Å². The highest BCUT2D eigenvalue weighted by molar-refractivity contribution is 6.35. The van der Waals surface area contributed by atoms with Crippen molar-refractivity contribution in [2.45, 2.75) is 25.4 Å². The van der Waals surface area contributed by atoms with E-state index in [1.54, 1.807) is 6.07 Å². The first-order valence-electron chi connectivity index (χ1n) is 8.92. The zero-order valence-corrected chi connectivity index (χ0v) is 15.9. The van der Waals surface area contributed by atoms with Crippen molar-refractivity contribution in [3.63, 3.8) is 0 Å². The predicted molar refractivity (Wildman–Crippen MR) is 101 cm³/mol. The van der Waals surface area contributed by atoms with Crippen LogP contribution in [0, 0.1) is 0 Å². The van der Waals surface area contributed by atoms with Crippen LogP contribution in [0.5, 0.6) is 0 Å². The van der Waals surface area contributed by atoms with Crippen LogP contribution in [0.3, 0.4) is 0 Å². The lowest BCUT2D eigenvalue weighted by Gasteiger charge is -2.35. The fourth-order valence-corrected chi connectivity index (χ4v) is 3.80. The van der Waals surface area contributed by atoms with Crippen molar-refractivity contribution in [2.75, 3.05) is 45.9 Å². The minimum absolute atomic E-state index is 0.0240. The molecule has 2 fully saturated rings. The fourth-order valence-electron chi connectivity index (χ4n) is 3.30. The molecule has 138 valence electrons. The SMILES string of the molecule is O=C(NCC1CCCO1)N1CCN(CCc2ccc(Cl)cc2Cl)CC1. The first-order chi connectivity index (χ1) is 12.1. The van der Waals surface area contributed by atoms with Crippen molar-refractivity contribution in [3.8, 4) is 0 Å². The summed E-state index contributed by atoms with van der Waals surface area (Å²) in [7, 11) is 0. The van der Waals surface area contributed by atoms with Gasteiger partial charge in [-0.25, -0.2) is 4.79 Å². The quantitative estimate of drug-likeness (QED) is 0.846. The summed E-state index contributed by atoms with van der Waals surface area (Å²) in [6.07, 6.45) is 3.22. The summed E-state index contributed by atoms with van der Waals surface area (Å²) in [6.45, 7) is 5.66. The largest absolute Gasteiger partial charge is 0.376 e. The van der Waals surface area contributed by atoms with Crippen molar-refractivity contribution >= 4 is 29.2 Å². The van der Waals surface area contributed by atoms with E-state index in [4.69, 9.17) is 27.9 Å². The maximum Gasteiger partial charge on any atom is 0.317 e. The Morgan fingerprint density at radius 1 is 1.24 bits per heavy atom. The number of benzene rings is 1. The Balaban J connectivity index is 1.37. The zero-order chi connectivity index (χ0) is 17.6. The molecule has 7 heteroatoms. The number of hydrogen-bond donors (Lipinski definition) is 1. The maximum atomic E-state index is 12.2. The van der Waals surface area contributed by atoms with Crippen LogP contribution in [0.4, 0.5) is 4.79 Å². The lowest BCUT2D eigenvalue weighted by atomic mass is 10.1. The van der Waals surface area contributed by atoms with Crippen LogP contribution < -0.4 is 5.32 Å². The molecule has 0 aromatic heterocycles. The molecule has 3 rings (SSSR count). The molecule has 2 aliphatic heterocycles. The number of halogens is 2. The molecule has 5 nitrogen and oxygen atoms in total. The fraction of sp³-hybridized carbons (Fsp3) is 0.611. The van der Waals surface area contributed by atoms with E-state index in [1.807, 2.05) is 17.0 Å². The van der Waals surface area contributed by atoms with Gasteiger partial charge in [0, 0.05) is 55.9 Å². The third-order valence-corrected chi connectivity index (χ3v) is 5.46. The third kappa shape index (κ3) is 5.48. The van der Waals surface area contributed by atoms with E-state index in [0.717, 1.165) is 69.2 Å². The Morgan fingerprint density at radius 3 is 2.72 bits per heavy atom. The van der Waals surface area contributed by atoms with E-state index in [0.29, 0.717) is 11.6 Å². The standard InChI is InChI=1S/C18H25Cl2N3O2/c19-15-4-3-14(17(20)12-15)5-6-22-7-9-23(10-8-22)18(24)21-13-16-2-1-11-25-16/h3-4,12,16H,1-2,5-11,13H2,(H,21,24). The predicted octanol–water partition coefficient (Wildman–Crippen LogP) is 3.04. The highest BCUT2D eigenvalue weighted by atomic mass is 35.5. The average molecular weight is 386 g/mol. The van der Waals surface area contributed by atoms with Gasteiger partial charge in [-0.05, 0) is 37.0 Å². The van der Waals surface area contributed by atoms with Crippen molar-refractivity contribution in [1.29, 1.82) is 0 Å². The van der Waals surface area contributed by atoms with Gasteiger partial charge in [0.2, 0.25) is 0 Å². The van der Waals surface area contributed by atoms with Gasteiger partial charge in [-0.2, -0.15) is 0 Å². The summed E-state index contributed by atoms with van der Waals surface area (Å²) in [6, 6.07) is 5.67. The van der Waals surface area contributed by atoms with E-state index in [-0.39, 0.29) is 12.1 Å². The second-order valence-corrected chi connectivity index (χ2v) is 7.48. The van der Waals surface area contributed by atoms with Crippen molar-refractivity contribution < 1.29 is 9.53 Å². The van der Waals surface area contributed by atoms with Gasteiger partial charge in [0.15, 0.2) is 0 Å². The van der Waals surface area contributed by atoms with E-state index >= 15 is 0 Å². The molecule has 0 aliphatic carbocycles. The van der Waals surface area contributed by atoms with Gasteiger partial charge < -0.3 is 15.0 Å². The molecular formula is C18H25Cl2N3O2. The van der Waals surface area contributed by atoms with E-state index in [2.05, 4.69) is 10.2 Å². The molecule has 0 radical (unpaired) electrons. The number of rotatable bonds is 5. The number of piperazine rings is 1. The number of ether oxygens (including phenoxy) is 1. The molecule has 1 unspecified atom stereocenters. The monoisotopic (exact) mass is 385 g/mol. The molecule has 1 aromatic rings. The highest BCUT2D eigenvalue weighted by Crippen LogP contribution is 2.21. The van der Waals surface area contributed by atoms with Gasteiger partial charge in [0.25, 0.3) is 0 Å². The number of carbonyl (C=O) groups is 1. The Morgan fingerprint density at radius 2 is 2.04 bits per heavy atom. The number of hydrogen-bond acceptors (Lipinski definition) is 3. The van der Waals surface area contributed by atoms with Gasteiger partial charge in [-0.3, -0.25) is 4.90 Å². The lowest BCUT2D eigenvalue weighted by Crippen LogP contribution is -2.52. The van der Waals surface area contributed by atoms with E-state index in [1.165, 1.54) is 0 Å². The van der Waals surface area contributed by atoms with Crippen LogP contribution in [0.2, 0.25) is 10.0 Å². The zero-order valence-electron chi connectivity index (χ0n) is 14.3. The molecule has 1 N–H and O–H groups in total. The lowest BCUT2D eigenvalue weighted by molar-refractivity contribution is 0.104. The van der Waals surface area contributed by atoms with Crippen LogP contribution >= 0.6 is 23.2 Å². The van der Waals surface area contributed by atoms with Crippen LogP contribution in [0.15, 0.2) is 18.2 Å². The molecular weight excluding hydrogens is 361 g/mol. The molecule has 0 saturated carbocycles. The molecule has 1 atom stereocenters. The first kappa shape index (κ1) is 18.8. The highest BCUT2D eigenvalue weighted by Gasteiger charge is 2.22. The van der Waals surface area contributed by atoms with Crippen LogP contribution in [-0.4, -0.2) is 67.8 Å². The Kier molecular flexibility index (Phi) is 6.82. The van der Waals surface area contributed by atoms with Gasteiger partial charge in [0.05, 0.1) is 6.10 Å². The topological polar surface area (TPSA) is 44.8 Å². The average Bonchev–Trinajstić information content (AvgIpc) is 3.13. The van der Waals surface area contributed by atoms with Gasteiger partial charge in [-0.15, -0.1) is 0 Å². The molecule has 2 heterocycles. The summed E-state index contributed by atoms with van der Waals surface area (Å²) in [5, 5.41) is 4.38. The van der Waals surface area contributed by atoms with Crippen molar-refractivity contribution in [3.05, 3.63) is 33.8 Å². The number of carbonyl (C=O) groups excluding carboxylic acids is 1. The third-order valence-electron chi connectivity index (χ3n) is 4.88. The second-order valence-electron chi connectivity index (χ2n) is 6.64. The maximum absolute atomic E-state index is 12.2. The Hall–Kier alpha value is -1.01. The number of amides is 2. The minimum Gasteiger partial charge on any atom is -0.376 e. The molecule has 2 saturated heterocycles. The smallest absolute Gasteiger partial charge is 0.317 e. The normalized spacial score (nSPS) is 21.5. The number of nitrogens with one attached hydrogen (secondary N) is 1. The van der Waals surface area contributed by atoms with Crippen molar-refractivity contribution in [2.24, 2.45) is 0 Å². The van der Waals surface area contributed by atoms with Crippen LogP contribution in [-0.2, 0) is 11.2 Å². The minimum atomic E-state index is 0.0240. The molecule has 0 bridgehead atoms. The van der Waals surface area contributed by atoms with Gasteiger partial charge >= 0.3 is 6.03 Å². The molecule has 2 aliphatic rings. The van der Waals surface area contributed by atoms with Crippen LogP contribution in [0.25, 0.3) is 0 Å². The summed E-state index contributed by atoms with van der Waals surface area (Å²) >= 11 is 12.2. The Labute approximate surface area is 159 Å². The van der Waals surface area contributed by atoms with Gasteiger partial charge in [-0.1, -0.05) is 29.3 Å². The second kappa shape index (κ2) is 9.08. The number of nitrogens with zero attached hydrogens (tertiary/aromatic N) is 2. The first-order valence-corrected chi connectivity index (χ1v) is 9.68. The molecule has 25 heavy (non-hydrogen) atoms. The van der Waals surface area contributed by atoms with Crippen molar-refractivity contribution in [1.82, 2.24) is 15.1 Å². The van der Waals surface area contributed by atoms with E-state index in [9.17, 15) is 4.79 Å². The molecule has 2 amide bonds. The molecule has 1 aromatic carbocycles. The summed E-state index contributed by atoms with van der Waals surface area (Å²) in [5.74, 6) is 0. The summed E-state index contributed by atoms with van der Waals surface area (Å²) < 4.78 is 5.54.